The van der Waals surface area contributed by atoms with Gasteiger partial charge in [0.2, 0.25) is 11.6 Å². The lowest BCUT2D eigenvalue weighted by atomic mass is 9.81. The maximum absolute atomic E-state index is 13.6. The Labute approximate surface area is 211 Å². The molecule has 0 heterocycles. The number of carbonyl (C=O) groups excluding carboxylic acids is 2. The molecule has 1 aliphatic rings. The van der Waals surface area contributed by atoms with Gasteiger partial charge in [0.25, 0.3) is 0 Å². The van der Waals surface area contributed by atoms with Crippen LogP contribution >= 0.6 is 0 Å². The highest BCUT2D eigenvalue weighted by molar-refractivity contribution is 6.33. The van der Waals surface area contributed by atoms with Crippen molar-refractivity contribution in [2.45, 2.75) is 26.3 Å². The second kappa shape index (κ2) is 11.7. The molecule has 2 aromatic rings. The van der Waals surface area contributed by atoms with E-state index in [0.29, 0.717) is 50.6 Å². The minimum atomic E-state index is -0.556. The summed E-state index contributed by atoms with van der Waals surface area (Å²) in [5.74, 6) is -1.85. The summed E-state index contributed by atoms with van der Waals surface area (Å²) in [6.07, 6.45) is 0. The summed E-state index contributed by atoms with van der Waals surface area (Å²) in [6, 6.07) is 5.81. The molecule has 3 rings (SSSR count). The van der Waals surface area contributed by atoms with E-state index >= 15 is 0 Å². The van der Waals surface area contributed by atoms with Gasteiger partial charge in [-0.25, -0.2) is 0 Å². The molecule has 0 radical (unpaired) electrons. The van der Waals surface area contributed by atoms with Gasteiger partial charge in [0, 0.05) is 56.2 Å². The van der Waals surface area contributed by atoms with Crippen molar-refractivity contribution < 1.29 is 30.0 Å². The standard InChI is InChI=1S/C26H36N4O6/c1-26(2,3)30(13-15-32)12-10-29-17-5-4-16(28-9-8-27-11-14-31)20-21(17)25(36)23-19(34)7-6-18(33)22(23)24(20)35/h4-7,27-29,31-34H,8-15H2,1-3H3. The fourth-order valence-corrected chi connectivity index (χ4v) is 4.38. The summed E-state index contributed by atoms with van der Waals surface area (Å²) in [7, 11) is 0. The van der Waals surface area contributed by atoms with Crippen LogP contribution in [-0.2, 0) is 0 Å². The number of phenolic OH excluding ortho intramolecular Hbond substituents is 2. The zero-order valence-electron chi connectivity index (χ0n) is 21.0. The van der Waals surface area contributed by atoms with Crippen molar-refractivity contribution in [1.29, 1.82) is 0 Å². The molecular formula is C26H36N4O6. The number of hydrogen-bond donors (Lipinski definition) is 7. The molecule has 0 saturated heterocycles. The second-order valence-electron chi connectivity index (χ2n) is 9.63. The lowest BCUT2D eigenvalue weighted by Gasteiger charge is -2.35. The maximum Gasteiger partial charge on any atom is 0.200 e. The van der Waals surface area contributed by atoms with Crippen LogP contribution in [0.25, 0.3) is 0 Å². The predicted molar refractivity (Wildman–Crippen MR) is 138 cm³/mol. The molecule has 1 aliphatic carbocycles. The van der Waals surface area contributed by atoms with E-state index in [-0.39, 0.29) is 52.5 Å². The number of nitrogens with zero attached hydrogens (tertiary/aromatic N) is 1. The Morgan fingerprint density at radius 2 is 1.22 bits per heavy atom. The number of ketones is 2. The summed E-state index contributed by atoms with van der Waals surface area (Å²) in [6.45, 7) is 9.09. The summed E-state index contributed by atoms with van der Waals surface area (Å²) in [5.41, 5.74) is 0.537. The first-order valence-electron chi connectivity index (χ1n) is 12.1. The number of benzene rings is 2. The zero-order chi connectivity index (χ0) is 26.5. The summed E-state index contributed by atoms with van der Waals surface area (Å²) >= 11 is 0. The molecule has 0 amide bonds. The maximum atomic E-state index is 13.6. The molecule has 10 heteroatoms. The molecule has 0 atom stereocenters. The normalized spacial score (nSPS) is 13.1. The van der Waals surface area contributed by atoms with Crippen molar-refractivity contribution >= 4 is 22.9 Å². The van der Waals surface area contributed by atoms with Crippen LogP contribution < -0.4 is 16.0 Å². The van der Waals surface area contributed by atoms with E-state index in [2.05, 4.69) is 41.6 Å². The number of rotatable bonds is 12. The van der Waals surface area contributed by atoms with Crippen LogP contribution in [0.2, 0.25) is 0 Å². The van der Waals surface area contributed by atoms with Gasteiger partial charge >= 0.3 is 0 Å². The number of aromatic hydroxyl groups is 2. The van der Waals surface area contributed by atoms with Crippen molar-refractivity contribution in [1.82, 2.24) is 10.2 Å². The molecule has 7 N–H and O–H groups in total. The third-order valence-corrected chi connectivity index (χ3v) is 6.20. The average Bonchev–Trinajstić information content (AvgIpc) is 2.82. The van der Waals surface area contributed by atoms with Gasteiger partial charge < -0.3 is 36.4 Å². The van der Waals surface area contributed by atoms with Crippen molar-refractivity contribution in [3.63, 3.8) is 0 Å². The first-order valence-corrected chi connectivity index (χ1v) is 12.1. The number of aliphatic hydroxyl groups is 2. The largest absolute Gasteiger partial charge is 0.507 e. The molecule has 0 fully saturated rings. The fraction of sp³-hybridized carbons (Fsp3) is 0.462. The van der Waals surface area contributed by atoms with Gasteiger partial charge in [-0.1, -0.05) is 0 Å². The van der Waals surface area contributed by atoms with Crippen molar-refractivity contribution in [3.05, 3.63) is 46.5 Å². The zero-order valence-corrected chi connectivity index (χ0v) is 21.0. The molecular weight excluding hydrogens is 464 g/mol. The van der Waals surface area contributed by atoms with Gasteiger partial charge in [-0.05, 0) is 45.0 Å². The molecule has 0 aliphatic heterocycles. The van der Waals surface area contributed by atoms with Gasteiger partial charge in [0.05, 0.1) is 35.5 Å². The molecule has 0 unspecified atom stereocenters. The van der Waals surface area contributed by atoms with Crippen LogP contribution in [0.5, 0.6) is 11.5 Å². The van der Waals surface area contributed by atoms with E-state index in [1.807, 2.05) is 0 Å². The van der Waals surface area contributed by atoms with Gasteiger partial charge in [0.1, 0.15) is 11.5 Å². The number of fused-ring (bicyclic) bond motifs is 2. The Morgan fingerprint density at radius 3 is 1.69 bits per heavy atom. The van der Waals surface area contributed by atoms with Gasteiger partial charge in [-0.15, -0.1) is 0 Å². The van der Waals surface area contributed by atoms with Crippen molar-refractivity contribution in [2.75, 3.05) is 63.1 Å². The van der Waals surface area contributed by atoms with Crippen LogP contribution in [0, 0.1) is 0 Å². The van der Waals surface area contributed by atoms with Crippen molar-refractivity contribution in [3.8, 4) is 11.5 Å². The van der Waals surface area contributed by atoms with Crippen LogP contribution in [0.1, 0.15) is 52.6 Å². The number of anilines is 2. The van der Waals surface area contributed by atoms with E-state index < -0.39 is 11.6 Å². The lowest BCUT2D eigenvalue weighted by Crippen LogP contribution is -2.45. The quantitative estimate of drug-likeness (QED) is 0.143. The Kier molecular flexibility index (Phi) is 8.91. The monoisotopic (exact) mass is 500 g/mol. The Hall–Kier alpha value is -3.18. The first-order chi connectivity index (χ1) is 17.1. The molecule has 0 bridgehead atoms. The van der Waals surface area contributed by atoms with Crippen LogP contribution in [0.4, 0.5) is 11.4 Å². The number of hydrogen-bond acceptors (Lipinski definition) is 10. The highest BCUT2D eigenvalue weighted by Crippen LogP contribution is 2.42. The van der Waals surface area contributed by atoms with E-state index in [0.717, 1.165) is 0 Å². The molecule has 2 aromatic carbocycles. The van der Waals surface area contributed by atoms with E-state index in [1.165, 1.54) is 12.1 Å². The number of carbonyl (C=O) groups is 2. The van der Waals surface area contributed by atoms with Crippen LogP contribution in [0.15, 0.2) is 24.3 Å². The van der Waals surface area contributed by atoms with Gasteiger partial charge in [0.15, 0.2) is 0 Å². The second-order valence-corrected chi connectivity index (χ2v) is 9.63. The Balaban J connectivity index is 1.96. The van der Waals surface area contributed by atoms with Gasteiger partial charge in [-0.3, -0.25) is 14.5 Å². The highest BCUT2D eigenvalue weighted by Gasteiger charge is 2.38. The first kappa shape index (κ1) is 27.4. The Bertz CT molecular complexity index is 1110. The molecule has 10 nitrogen and oxygen atoms in total. The molecule has 0 aromatic heterocycles. The molecule has 196 valence electrons. The third-order valence-electron chi connectivity index (χ3n) is 6.20. The number of aliphatic hydroxyl groups excluding tert-OH is 2. The smallest absolute Gasteiger partial charge is 0.200 e. The lowest BCUT2D eigenvalue weighted by molar-refractivity contribution is 0.0975. The highest BCUT2D eigenvalue weighted by atomic mass is 16.3. The van der Waals surface area contributed by atoms with E-state index in [1.54, 1.807) is 12.1 Å². The molecule has 36 heavy (non-hydrogen) atoms. The average molecular weight is 501 g/mol. The van der Waals surface area contributed by atoms with Crippen LogP contribution in [0.3, 0.4) is 0 Å². The molecule has 0 spiro atoms. The fourth-order valence-electron chi connectivity index (χ4n) is 4.38. The number of nitrogens with one attached hydrogen (secondary N) is 3. The number of phenols is 2. The predicted octanol–water partition coefficient (Wildman–Crippen LogP) is 1.37. The summed E-state index contributed by atoms with van der Waals surface area (Å²) in [5, 5.41) is 48.6. The minimum absolute atomic E-state index is 0.00720. The van der Waals surface area contributed by atoms with E-state index in [9.17, 15) is 24.9 Å². The van der Waals surface area contributed by atoms with Gasteiger partial charge in [-0.2, -0.15) is 0 Å². The van der Waals surface area contributed by atoms with E-state index in [4.69, 9.17) is 5.11 Å². The third kappa shape index (κ3) is 5.79. The SMILES string of the molecule is CC(C)(C)N(CCO)CCNc1ccc(NCCNCCO)c2c1C(=O)c1c(O)ccc(O)c1C2=O. The minimum Gasteiger partial charge on any atom is -0.507 e. The number of β-amino-alcohol motifs (C(OH)–C–C–N with tert-alkyl or cyclic N) is 1. The summed E-state index contributed by atoms with van der Waals surface area (Å²) in [4.78, 5) is 29.3. The summed E-state index contributed by atoms with van der Waals surface area (Å²) < 4.78 is 0. The Morgan fingerprint density at radius 1 is 0.694 bits per heavy atom. The topological polar surface area (TPSA) is 154 Å². The molecule has 0 saturated carbocycles. The van der Waals surface area contributed by atoms with Crippen LogP contribution in [-0.4, -0.2) is 94.9 Å². The van der Waals surface area contributed by atoms with Crippen molar-refractivity contribution in [2.24, 2.45) is 0 Å².